The normalized spacial score (nSPS) is 17.4. The van der Waals surface area contributed by atoms with Crippen molar-refractivity contribution in [1.29, 1.82) is 0 Å². The van der Waals surface area contributed by atoms with E-state index in [2.05, 4.69) is 10.3 Å². The van der Waals surface area contributed by atoms with E-state index in [0.29, 0.717) is 16.7 Å². The Morgan fingerprint density at radius 1 is 1.12 bits per heavy atom. The Hall–Kier alpha value is -3.49. The number of para-hydroxylation sites is 1. The third-order valence-electron chi connectivity index (χ3n) is 5.43. The Kier molecular flexibility index (Phi) is 5.93. The van der Waals surface area contributed by atoms with Gasteiger partial charge in [0.15, 0.2) is 11.2 Å². The van der Waals surface area contributed by atoms with Gasteiger partial charge in [-0.3, -0.25) is 9.59 Å². The largest absolute Gasteiger partial charge is 0.323 e. The Morgan fingerprint density at radius 2 is 1.85 bits per heavy atom. The molecule has 3 aromatic carbocycles. The number of amidine groups is 2. The number of nitrogens with zero attached hydrogens (tertiary/aromatic N) is 3. The molecular weight excluding hydrogens is 475 g/mol. The summed E-state index contributed by atoms with van der Waals surface area (Å²) in [5.74, 6) is -0.795. The van der Waals surface area contributed by atoms with Crippen LogP contribution in [0, 0.1) is 5.82 Å². The number of rotatable bonds is 4. The average Bonchev–Trinajstić information content (AvgIpc) is 3.19. The van der Waals surface area contributed by atoms with Crippen LogP contribution in [-0.4, -0.2) is 33.0 Å². The predicted molar refractivity (Wildman–Crippen MR) is 133 cm³/mol. The third-order valence-corrected chi connectivity index (χ3v) is 6.71. The number of amides is 2. The lowest BCUT2D eigenvalue weighted by molar-refractivity contribution is -0.124. The predicted octanol–water partition coefficient (Wildman–Crippen LogP) is 5.57. The summed E-state index contributed by atoms with van der Waals surface area (Å²) in [6.07, 6.45) is 0. The number of thioether (sulfide) groups is 1. The van der Waals surface area contributed by atoms with Gasteiger partial charge in [0.05, 0.1) is 16.6 Å². The van der Waals surface area contributed by atoms with Gasteiger partial charge in [0.2, 0.25) is 5.91 Å². The first kappa shape index (κ1) is 22.3. The first-order valence-electron chi connectivity index (χ1n) is 10.5. The number of anilines is 1. The standard InChI is InChI=1S/C25H18ClFN4O2S/c1-14(23(32)28-20-12-11-16(26)13-18(20)27)34-25-29-19-10-6-5-9-17(19)22-30-21(24(33)31(22)25)15-7-3-2-4-8-15/h2-14,21H,1H3,(H,28,32)/t14-,21-/m0/s1. The molecule has 3 aromatic rings. The Morgan fingerprint density at radius 3 is 2.62 bits per heavy atom. The van der Waals surface area contributed by atoms with E-state index in [1.165, 1.54) is 17.0 Å². The van der Waals surface area contributed by atoms with E-state index in [9.17, 15) is 14.0 Å². The van der Waals surface area contributed by atoms with Crippen molar-refractivity contribution in [2.75, 3.05) is 5.32 Å². The molecule has 2 atom stereocenters. The van der Waals surface area contributed by atoms with Crippen LogP contribution in [0.5, 0.6) is 0 Å². The molecule has 0 radical (unpaired) electrons. The lowest BCUT2D eigenvalue weighted by Crippen LogP contribution is -2.41. The molecule has 1 N–H and O–H groups in total. The molecule has 34 heavy (non-hydrogen) atoms. The number of fused-ring (bicyclic) bond motifs is 3. The van der Waals surface area contributed by atoms with Crippen LogP contribution in [0.3, 0.4) is 0 Å². The minimum absolute atomic E-state index is 0.0291. The molecule has 0 aromatic heterocycles. The Labute approximate surface area is 204 Å². The number of aliphatic imine (C=N–C) groups is 2. The first-order valence-corrected chi connectivity index (χ1v) is 11.8. The first-order chi connectivity index (χ1) is 16.4. The lowest BCUT2D eigenvalue weighted by atomic mass is 10.1. The van der Waals surface area contributed by atoms with Crippen molar-refractivity contribution in [2.45, 2.75) is 18.2 Å². The van der Waals surface area contributed by atoms with Gasteiger partial charge in [-0.25, -0.2) is 19.3 Å². The van der Waals surface area contributed by atoms with E-state index in [1.807, 2.05) is 54.6 Å². The SMILES string of the molecule is C[C@H](SC1=Nc2ccccc2C2=N[C@@H](c3ccccc3)C(=O)N12)C(=O)Nc1ccc(Cl)cc1F. The van der Waals surface area contributed by atoms with Gasteiger partial charge >= 0.3 is 0 Å². The molecule has 0 unspecified atom stereocenters. The summed E-state index contributed by atoms with van der Waals surface area (Å²) in [5, 5.41) is 2.48. The summed E-state index contributed by atoms with van der Waals surface area (Å²) >= 11 is 6.90. The zero-order chi connectivity index (χ0) is 23.8. The third kappa shape index (κ3) is 4.10. The highest BCUT2D eigenvalue weighted by Crippen LogP contribution is 2.38. The molecule has 0 saturated heterocycles. The summed E-state index contributed by atoms with van der Waals surface area (Å²) in [5.41, 5.74) is 2.22. The van der Waals surface area contributed by atoms with Gasteiger partial charge < -0.3 is 5.32 Å². The number of hydrogen-bond acceptors (Lipinski definition) is 5. The van der Waals surface area contributed by atoms with Crippen LogP contribution in [0.25, 0.3) is 0 Å². The van der Waals surface area contributed by atoms with Gasteiger partial charge in [-0.2, -0.15) is 0 Å². The fourth-order valence-electron chi connectivity index (χ4n) is 3.72. The van der Waals surface area contributed by atoms with Crippen molar-refractivity contribution in [1.82, 2.24) is 4.90 Å². The molecule has 2 amide bonds. The quantitative estimate of drug-likeness (QED) is 0.517. The zero-order valence-corrected chi connectivity index (χ0v) is 19.5. The molecule has 2 heterocycles. The van der Waals surface area contributed by atoms with Crippen LogP contribution >= 0.6 is 23.4 Å². The van der Waals surface area contributed by atoms with Crippen LogP contribution in [0.2, 0.25) is 5.02 Å². The van der Waals surface area contributed by atoms with Crippen LogP contribution in [0.15, 0.2) is 82.8 Å². The van der Waals surface area contributed by atoms with Crippen molar-refractivity contribution < 1.29 is 14.0 Å². The van der Waals surface area contributed by atoms with Crippen molar-refractivity contribution in [3.63, 3.8) is 0 Å². The molecule has 0 saturated carbocycles. The molecule has 0 bridgehead atoms. The fourth-order valence-corrected chi connectivity index (χ4v) is 4.79. The number of hydrogen-bond donors (Lipinski definition) is 1. The molecule has 5 rings (SSSR count). The van der Waals surface area contributed by atoms with Gasteiger partial charge in [0.25, 0.3) is 5.91 Å². The number of carbonyl (C=O) groups is 2. The summed E-state index contributed by atoms with van der Waals surface area (Å²) in [7, 11) is 0. The topological polar surface area (TPSA) is 74.1 Å². The minimum atomic E-state index is -0.694. The van der Waals surface area contributed by atoms with Crippen molar-refractivity contribution in [2.24, 2.45) is 9.98 Å². The van der Waals surface area contributed by atoms with Crippen LogP contribution < -0.4 is 5.32 Å². The lowest BCUT2D eigenvalue weighted by Gasteiger charge is -2.26. The monoisotopic (exact) mass is 492 g/mol. The van der Waals surface area contributed by atoms with Gasteiger partial charge in [0.1, 0.15) is 11.7 Å². The Bertz CT molecular complexity index is 1360. The van der Waals surface area contributed by atoms with Crippen LogP contribution in [0.1, 0.15) is 24.1 Å². The molecule has 9 heteroatoms. The second-order valence-corrected chi connectivity index (χ2v) is 9.47. The van der Waals surface area contributed by atoms with Gasteiger partial charge in [-0.1, -0.05) is 65.8 Å². The highest BCUT2D eigenvalue weighted by atomic mass is 35.5. The molecule has 2 aliphatic rings. The highest BCUT2D eigenvalue weighted by Gasteiger charge is 2.42. The van der Waals surface area contributed by atoms with Gasteiger partial charge in [-0.15, -0.1) is 0 Å². The van der Waals surface area contributed by atoms with Crippen LogP contribution in [0.4, 0.5) is 15.8 Å². The van der Waals surface area contributed by atoms with Crippen LogP contribution in [-0.2, 0) is 9.59 Å². The molecular formula is C25H18ClFN4O2S. The van der Waals surface area contributed by atoms with E-state index >= 15 is 0 Å². The van der Waals surface area contributed by atoms with Gasteiger partial charge in [-0.05, 0) is 42.8 Å². The summed E-state index contributed by atoms with van der Waals surface area (Å²) in [4.78, 5) is 37.1. The van der Waals surface area contributed by atoms with E-state index in [-0.39, 0.29) is 16.6 Å². The minimum Gasteiger partial charge on any atom is -0.323 e. The fraction of sp³-hybridized carbons (Fsp3) is 0.120. The molecule has 170 valence electrons. The number of benzene rings is 3. The summed E-state index contributed by atoms with van der Waals surface area (Å²) in [6, 6.07) is 20.1. The van der Waals surface area contributed by atoms with E-state index in [0.717, 1.165) is 29.0 Å². The highest BCUT2D eigenvalue weighted by molar-refractivity contribution is 8.15. The molecule has 0 fully saturated rings. The maximum atomic E-state index is 14.1. The number of halogens is 2. The molecule has 0 aliphatic carbocycles. The van der Waals surface area contributed by atoms with E-state index in [4.69, 9.17) is 16.6 Å². The summed E-state index contributed by atoms with van der Waals surface area (Å²) in [6.45, 7) is 1.67. The second-order valence-electron chi connectivity index (χ2n) is 7.72. The maximum Gasteiger partial charge on any atom is 0.263 e. The smallest absolute Gasteiger partial charge is 0.263 e. The maximum absolute atomic E-state index is 14.1. The zero-order valence-electron chi connectivity index (χ0n) is 17.9. The molecule has 6 nitrogen and oxygen atoms in total. The molecule has 2 aliphatic heterocycles. The van der Waals surface area contributed by atoms with Crippen molar-refractivity contribution in [3.8, 4) is 0 Å². The second kappa shape index (κ2) is 9.04. The van der Waals surface area contributed by atoms with E-state index < -0.39 is 23.0 Å². The van der Waals surface area contributed by atoms with Gasteiger partial charge in [0, 0.05) is 10.6 Å². The number of carbonyl (C=O) groups excluding carboxylic acids is 2. The van der Waals surface area contributed by atoms with E-state index in [1.54, 1.807) is 6.92 Å². The average molecular weight is 493 g/mol. The number of nitrogens with one attached hydrogen (secondary N) is 1. The Balaban J connectivity index is 1.43. The molecule has 0 spiro atoms. The van der Waals surface area contributed by atoms with Crippen molar-refractivity contribution in [3.05, 3.63) is 94.8 Å². The summed E-state index contributed by atoms with van der Waals surface area (Å²) < 4.78 is 14.1. The van der Waals surface area contributed by atoms with Crippen molar-refractivity contribution >= 4 is 57.6 Å².